The molecule has 0 unspecified atom stereocenters. The fourth-order valence-corrected chi connectivity index (χ4v) is 5.25. The molecule has 0 bridgehead atoms. The number of benzene rings is 2. The zero-order chi connectivity index (χ0) is 19.3. The molecule has 0 fully saturated rings. The highest BCUT2D eigenvalue weighted by Crippen LogP contribution is 2.44. The molecule has 0 atom stereocenters. The highest BCUT2D eigenvalue weighted by atomic mass is 79.9. The number of aromatic nitrogens is 3. The SMILES string of the molecule is Cc1nnc(-c2cc3c(s2)-c2ccc(Br)cc2OCC3)n1-c1ccccc1Cl. The molecule has 4 nitrogen and oxygen atoms in total. The normalized spacial score (nSPS) is 12.8. The summed E-state index contributed by atoms with van der Waals surface area (Å²) in [4.78, 5) is 2.29. The summed E-state index contributed by atoms with van der Waals surface area (Å²) in [5.41, 5.74) is 3.28. The summed E-state index contributed by atoms with van der Waals surface area (Å²) in [6.45, 7) is 2.60. The fraction of sp³-hybridized carbons (Fsp3) is 0.143. The molecule has 4 aromatic rings. The van der Waals surface area contributed by atoms with Gasteiger partial charge in [-0.25, -0.2) is 0 Å². The molecule has 140 valence electrons. The Hall–Kier alpha value is -2.15. The maximum absolute atomic E-state index is 6.46. The molecule has 3 heterocycles. The van der Waals surface area contributed by atoms with Gasteiger partial charge < -0.3 is 4.74 Å². The standard InChI is InChI=1S/C21H15BrClN3OS/c1-12-24-25-21(26(12)17-5-3-2-4-16(17)23)19-10-13-8-9-27-18-11-14(22)6-7-15(18)20(13)28-19/h2-7,10-11H,8-9H2,1H3. The molecule has 0 amide bonds. The van der Waals surface area contributed by atoms with Crippen LogP contribution in [-0.2, 0) is 6.42 Å². The van der Waals surface area contributed by atoms with Crippen molar-refractivity contribution >= 4 is 38.9 Å². The number of halogens is 2. The van der Waals surface area contributed by atoms with Crippen molar-refractivity contribution in [1.82, 2.24) is 14.8 Å². The molecule has 0 radical (unpaired) electrons. The van der Waals surface area contributed by atoms with Crippen LogP contribution in [0.1, 0.15) is 11.4 Å². The third-order valence-electron chi connectivity index (χ3n) is 4.76. The van der Waals surface area contributed by atoms with E-state index in [1.54, 1.807) is 11.3 Å². The van der Waals surface area contributed by atoms with E-state index in [4.69, 9.17) is 16.3 Å². The number of nitrogens with zero attached hydrogens (tertiary/aromatic N) is 3. The van der Waals surface area contributed by atoms with Gasteiger partial charge >= 0.3 is 0 Å². The zero-order valence-electron chi connectivity index (χ0n) is 14.9. The quantitative estimate of drug-likeness (QED) is 0.342. The molecule has 2 aromatic carbocycles. The summed E-state index contributed by atoms with van der Waals surface area (Å²) in [6, 6.07) is 16.2. The highest BCUT2D eigenvalue weighted by molar-refractivity contribution is 9.10. The van der Waals surface area contributed by atoms with E-state index in [0.29, 0.717) is 11.6 Å². The molecule has 0 saturated carbocycles. The molecule has 1 aliphatic rings. The Bertz CT molecular complexity index is 1200. The van der Waals surface area contributed by atoms with Crippen LogP contribution in [0.4, 0.5) is 0 Å². The van der Waals surface area contributed by atoms with Crippen molar-refractivity contribution in [1.29, 1.82) is 0 Å². The predicted molar refractivity (Wildman–Crippen MR) is 117 cm³/mol. The van der Waals surface area contributed by atoms with Gasteiger partial charge in [0.1, 0.15) is 11.6 Å². The number of para-hydroxylation sites is 1. The smallest absolute Gasteiger partial charge is 0.178 e. The first-order valence-corrected chi connectivity index (χ1v) is 10.8. The average Bonchev–Trinajstić information content (AvgIpc) is 3.22. The predicted octanol–water partition coefficient (Wildman–Crippen LogP) is 6.32. The lowest BCUT2D eigenvalue weighted by Gasteiger charge is -2.09. The summed E-state index contributed by atoms with van der Waals surface area (Å²) in [5, 5.41) is 9.46. The van der Waals surface area contributed by atoms with Crippen molar-refractivity contribution in [3.8, 4) is 32.6 Å². The second-order valence-electron chi connectivity index (χ2n) is 6.56. The third-order valence-corrected chi connectivity index (χ3v) is 6.78. The molecule has 7 heteroatoms. The molecule has 0 N–H and O–H groups in total. The van der Waals surface area contributed by atoms with E-state index in [2.05, 4.69) is 38.3 Å². The van der Waals surface area contributed by atoms with Crippen LogP contribution in [0.25, 0.3) is 26.8 Å². The molecule has 2 aromatic heterocycles. The molecule has 28 heavy (non-hydrogen) atoms. The van der Waals surface area contributed by atoms with E-state index in [1.807, 2.05) is 47.9 Å². The summed E-state index contributed by atoms with van der Waals surface area (Å²) in [7, 11) is 0. The minimum Gasteiger partial charge on any atom is -0.493 e. The van der Waals surface area contributed by atoms with Crippen LogP contribution in [0.5, 0.6) is 5.75 Å². The van der Waals surface area contributed by atoms with Gasteiger partial charge in [0.15, 0.2) is 5.82 Å². The largest absolute Gasteiger partial charge is 0.493 e. The zero-order valence-corrected chi connectivity index (χ0v) is 18.1. The van der Waals surface area contributed by atoms with Gasteiger partial charge in [0.25, 0.3) is 0 Å². The Labute approximate surface area is 179 Å². The average molecular weight is 473 g/mol. The molecule has 0 saturated heterocycles. The molecular formula is C21H15BrClN3OS. The highest BCUT2D eigenvalue weighted by Gasteiger charge is 2.23. The Kier molecular flexibility index (Phi) is 4.50. The first-order chi connectivity index (χ1) is 13.6. The summed E-state index contributed by atoms with van der Waals surface area (Å²) in [5.74, 6) is 2.52. The molecule has 0 spiro atoms. The number of hydrogen-bond acceptors (Lipinski definition) is 4. The van der Waals surface area contributed by atoms with Gasteiger partial charge in [-0.05, 0) is 48.9 Å². The van der Waals surface area contributed by atoms with Gasteiger partial charge in [-0.2, -0.15) is 0 Å². The maximum atomic E-state index is 6.46. The summed E-state index contributed by atoms with van der Waals surface area (Å²) in [6.07, 6.45) is 0.858. The molecule has 1 aliphatic heterocycles. The lowest BCUT2D eigenvalue weighted by molar-refractivity contribution is 0.326. The van der Waals surface area contributed by atoms with E-state index in [9.17, 15) is 0 Å². The van der Waals surface area contributed by atoms with Crippen LogP contribution < -0.4 is 4.74 Å². The molecular weight excluding hydrogens is 458 g/mol. The molecule has 5 rings (SSSR count). The second kappa shape index (κ2) is 7.03. The van der Waals surface area contributed by atoms with Crippen LogP contribution in [0.2, 0.25) is 5.02 Å². The van der Waals surface area contributed by atoms with E-state index < -0.39 is 0 Å². The number of hydrogen-bond donors (Lipinski definition) is 0. The minimum atomic E-state index is 0.656. The van der Waals surface area contributed by atoms with Crippen molar-refractivity contribution in [3.63, 3.8) is 0 Å². The van der Waals surface area contributed by atoms with E-state index >= 15 is 0 Å². The van der Waals surface area contributed by atoms with Crippen LogP contribution in [0.3, 0.4) is 0 Å². The van der Waals surface area contributed by atoms with Gasteiger partial charge in [-0.1, -0.05) is 39.7 Å². The number of rotatable bonds is 2. The van der Waals surface area contributed by atoms with Gasteiger partial charge in [0.2, 0.25) is 0 Å². The first-order valence-electron chi connectivity index (χ1n) is 8.84. The van der Waals surface area contributed by atoms with Gasteiger partial charge in [-0.3, -0.25) is 4.57 Å². The Balaban J connectivity index is 1.68. The Morgan fingerprint density at radius 2 is 2.00 bits per heavy atom. The van der Waals surface area contributed by atoms with Crippen molar-refractivity contribution < 1.29 is 4.74 Å². The van der Waals surface area contributed by atoms with Crippen molar-refractivity contribution in [3.05, 3.63) is 69.4 Å². The first kappa shape index (κ1) is 17.9. The topological polar surface area (TPSA) is 39.9 Å². The molecule has 0 aliphatic carbocycles. The maximum Gasteiger partial charge on any atom is 0.178 e. The van der Waals surface area contributed by atoms with Crippen molar-refractivity contribution in [2.24, 2.45) is 0 Å². The minimum absolute atomic E-state index is 0.656. The van der Waals surface area contributed by atoms with E-state index in [-0.39, 0.29) is 0 Å². The van der Waals surface area contributed by atoms with Gasteiger partial charge in [0.05, 0.1) is 22.2 Å². The number of fused-ring (bicyclic) bond motifs is 3. The third kappa shape index (κ3) is 2.96. The fourth-order valence-electron chi connectivity index (χ4n) is 3.47. The van der Waals surface area contributed by atoms with E-state index in [0.717, 1.165) is 44.4 Å². The second-order valence-corrected chi connectivity index (χ2v) is 8.94. The number of thiophene rings is 1. The number of aryl methyl sites for hydroxylation is 1. The summed E-state index contributed by atoms with van der Waals surface area (Å²) < 4.78 is 8.99. The Morgan fingerprint density at radius 1 is 1.14 bits per heavy atom. The van der Waals surface area contributed by atoms with E-state index in [1.165, 1.54) is 10.4 Å². The van der Waals surface area contributed by atoms with Crippen molar-refractivity contribution in [2.75, 3.05) is 6.61 Å². The van der Waals surface area contributed by atoms with Crippen LogP contribution in [0, 0.1) is 6.92 Å². The van der Waals surface area contributed by atoms with Crippen LogP contribution in [0.15, 0.2) is 53.0 Å². The van der Waals surface area contributed by atoms with Gasteiger partial charge in [-0.15, -0.1) is 21.5 Å². The summed E-state index contributed by atoms with van der Waals surface area (Å²) >= 11 is 11.7. The monoisotopic (exact) mass is 471 g/mol. The lowest BCUT2D eigenvalue weighted by atomic mass is 10.1. The lowest BCUT2D eigenvalue weighted by Crippen LogP contribution is -2.00. The number of ether oxygens (including phenoxy) is 1. The van der Waals surface area contributed by atoms with Crippen LogP contribution >= 0.6 is 38.9 Å². The van der Waals surface area contributed by atoms with Crippen LogP contribution in [-0.4, -0.2) is 21.4 Å². The van der Waals surface area contributed by atoms with Crippen molar-refractivity contribution in [2.45, 2.75) is 13.3 Å². The van der Waals surface area contributed by atoms with Gasteiger partial charge in [0, 0.05) is 21.3 Å². The Morgan fingerprint density at radius 3 is 2.86 bits per heavy atom.